The summed E-state index contributed by atoms with van der Waals surface area (Å²) >= 11 is 0. The van der Waals surface area contributed by atoms with E-state index in [-0.39, 0.29) is 5.78 Å². The van der Waals surface area contributed by atoms with Crippen LogP contribution in [0.3, 0.4) is 0 Å². The Kier molecular flexibility index (Phi) is 4.70. The summed E-state index contributed by atoms with van der Waals surface area (Å²) in [5.41, 5.74) is 0.558. The molecule has 16 heavy (non-hydrogen) atoms. The Morgan fingerprint density at radius 1 is 1.19 bits per heavy atom. The molecule has 3 nitrogen and oxygen atoms in total. The minimum Gasteiger partial charge on any atom is -0.465 e. The largest absolute Gasteiger partial charge is 0.465 e. The normalized spacial score (nSPS) is 11.9. The van der Waals surface area contributed by atoms with Crippen molar-refractivity contribution < 1.29 is 14.3 Å². The molecular weight excluding hydrogens is 204 g/mol. The monoisotopic (exact) mass is 220 g/mol. The minimum atomic E-state index is -0.678. The van der Waals surface area contributed by atoms with Crippen LogP contribution in [0.4, 0.5) is 0 Å². The zero-order valence-electron chi connectivity index (χ0n) is 9.60. The molecule has 0 spiro atoms. The molecule has 0 amide bonds. The van der Waals surface area contributed by atoms with Crippen molar-refractivity contribution in [1.29, 1.82) is 0 Å². The molecule has 1 aromatic rings. The molecule has 0 saturated heterocycles. The van der Waals surface area contributed by atoms with Crippen molar-refractivity contribution in [1.82, 2.24) is 0 Å². The van der Waals surface area contributed by atoms with Crippen LogP contribution in [0.25, 0.3) is 0 Å². The lowest BCUT2D eigenvalue weighted by Gasteiger charge is -2.12. The van der Waals surface area contributed by atoms with Crippen molar-refractivity contribution >= 4 is 11.8 Å². The van der Waals surface area contributed by atoms with Gasteiger partial charge in [0.15, 0.2) is 5.78 Å². The van der Waals surface area contributed by atoms with E-state index in [0.717, 1.165) is 0 Å². The zero-order chi connectivity index (χ0) is 12.0. The fraction of sp³-hybridized carbons (Fsp3) is 0.385. The van der Waals surface area contributed by atoms with Crippen molar-refractivity contribution in [2.75, 3.05) is 6.61 Å². The van der Waals surface area contributed by atoms with E-state index in [1.807, 2.05) is 13.0 Å². The lowest BCUT2D eigenvalue weighted by atomic mass is 9.95. The van der Waals surface area contributed by atoms with Crippen LogP contribution in [-0.2, 0) is 9.53 Å². The molecule has 0 aromatic heterocycles. The summed E-state index contributed by atoms with van der Waals surface area (Å²) in [6.45, 7) is 3.84. The van der Waals surface area contributed by atoms with Crippen LogP contribution in [0.2, 0.25) is 0 Å². The van der Waals surface area contributed by atoms with E-state index in [9.17, 15) is 9.59 Å². The third-order valence-electron chi connectivity index (χ3n) is 2.35. The van der Waals surface area contributed by atoms with Gasteiger partial charge in [-0.1, -0.05) is 37.3 Å². The average molecular weight is 220 g/mol. The first-order valence-electron chi connectivity index (χ1n) is 5.46. The highest BCUT2D eigenvalue weighted by Gasteiger charge is 2.26. The third kappa shape index (κ3) is 2.92. The van der Waals surface area contributed by atoms with Crippen LogP contribution in [-0.4, -0.2) is 18.4 Å². The van der Waals surface area contributed by atoms with Crippen LogP contribution in [0.5, 0.6) is 0 Å². The van der Waals surface area contributed by atoms with Crippen LogP contribution in [0.1, 0.15) is 30.6 Å². The number of ketones is 1. The molecule has 1 atom stereocenters. The van der Waals surface area contributed by atoms with Crippen molar-refractivity contribution in [3.8, 4) is 0 Å². The molecule has 0 aliphatic heterocycles. The van der Waals surface area contributed by atoms with Crippen LogP contribution >= 0.6 is 0 Å². The quantitative estimate of drug-likeness (QED) is 0.435. The smallest absolute Gasteiger partial charge is 0.316 e. The maximum Gasteiger partial charge on any atom is 0.316 e. The molecule has 3 heteroatoms. The Morgan fingerprint density at radius 2 is 1.81 bits per heavy atom. The molecular formula is C13H16O3. The molecule has 1 aromatic carbocycles. The molecule has 0 radical (unpaired) electrons. The zero-order valence-corrected chi connectivity index (χ0v) is 9.60. The van der Waals surface area contributed by atoms with E-state index in [1.54, 1.807) is 31.2 Å². The highest BCUT2D eigenvalue weighted by molar-refractivity contribution is 6.08. The number of ether oxygens (including phenoxy) is 1. The standard InChI is InChI=1S/C13H16O3/c1-3-11(13(15)16-4-2)12(14)10-8-6-5-7-9-10/h5-9,11H,3-4H2,1-2H3/t11-/m0/s1. The number of carbonyl (C=O) groups excluding carboxylic acids is 2. The molecule has 0 unspecified atom stereocenters. The SMILES string of the molecule is CCOC(=O)[C@@H](CC)C(=O)c1ccccc1. The predicted molar refractivity (Wildman–Crippen MR) is 61.2 cm³/mol. The molecule has 86 valence electrons. The van der Waals surface area contributed by atoms with Crippen LogP contribution in [0, 0.1) is 5.92 Å². The average Bonchev–Trinajstić information content (AvgIpc) is 2.31. The summed E-state index contributed by atoms with van der Waals surface area (Å²) < 4.78 is 4.88. The Bertz CT molecular complexity index is 357. The summed E-state index contributed by atoms with van der Waals surface area (Å²) in [5.74, 6) is -1.28. The lowest BCUT2D eigenvalue weighted by Crippen LogP contribution is -2.25. The fourth-order valence-corrected chi connectivity index (χ4v) is 1.51. The molecule has 0 N–H and O–H groups in total. The summed E-state index contributed by atoms with van der Waals surface area (Å²) in [6.07, 6.45) is 0.465. The number of rotatable bonds is 5. The van der Waals surface area contributed by atoms with Gasteiger partial charge in [-0.25, -0.2) is 0 Å². The van der Waals surface area contributed by atoms with E-state index >= 15 is 0 Å². The fourth-order valence-electron chi connectivity index (χ4n) is 1.51. The topological polar surface area (TPSA) is 43.4 Å². The van der Waals surface area contributed by atoms with Gasteiger partial charge in [-0.05, 0) is 13.3 Å². The van der Waals surface area contributed by atoms with Crippen LogP contribution < -0.4 is 0 Å². The van der Waals surface area contributed by atoms with Gasteiger partial charge in [0.05, 0.1) is 6.61 Å². The number of esters is 1. The Hall–Kier alpha value is -1.64. The third-order valence-corrected chi connectivity index (χ3v) is 2.35. The summed E-state index contributed by atoms with van der Waals surface area (Å²) in [5, 5.41) is 0. The second-order valence-electron chi connectivity index (χ2n) is 3.44. The first kappa shape index (κ1) is 12.4. The molecule has 0 aliphatic carbocycles. The second kappa shape index (κ2) is 6.05. The van der Waals surface area contributed by atoms with E-state index in [2.05, 4.69) is 0 Å². The van der Waals surface area contributed by atoms with Gasteiger partial charge >= 0.3 is 5.97 Å². The number of hydrogen-bond acceptors (Lipinski definition) is 3. The van der Waals surface area contributed by atoms with Crippen LogP contribution in [0.15, 0.2) is 30.3 Å². The molecule has 0 heterocycles. The van der Waals surface area contributed by atoms with Gasteiger partial charge in [-0.2, -0.15) is 0 Å². The molecule has 0 fully saturated rings. The molecule has 0 bridgehead atoms. The summed E-state index contributed by atoms with van der Waals surface area (Å²) in [6, 6.07) is 8.83. The van der Waals surface area contributed by atoms with Gasteiger partial charge in [-0.15, -0.1) is 0 Å². The van der Waals surface area contributed by atoms with Gasteiger partial charge in [0.25, 0.3) is 0 Å². The first-order chi connectivity index (χ1) is 7.70. The Morgan fingerprint density at radius 3 is 2.31 bits per heavy atom. The van der Waals surface area contributed by atoms with Gasteiger partial charge in [-0.3, -0.25) is 9.59 Å². The van der Waals surface area contributed by atoms with E-state index in [4.69, 9.17) is 4.74 Å². The molecule has 0 aliphatic rings. The van der Waals surface area contributed by atoms with Gasteiger partial charge in [0.1, 0.15) is 5.92 Å². The summed E-state index contributed by atoms with van der Waals surface area (Å²) in [4.78, 5) is 23.5. The van der Waals surface area contributed by atoms with E-state index in [0.29, 0.717) is 18.6 Å². The highest BCUT2D eigenvalue weighted by atomic mass is 16.5. The predicted octanol–water partition coefficient (Wildman–Crippen LogP) is 2.46. The minimum absolute atomic E-state index is 0.165. The number of carbonyl (C=O) groups is 2. The van der Waals surface area contributed by atoms with Gasteiger partial charge in [0, 0.05) is 5.56 Å². The van der Waals surface area contributed by atoms with Crippen molar-refractivity contribution in [2.24, 2.45) is 5.92 Å². The highest BCUT2D eigenvalue weighted by Crippen LogP contribution is 2.14. The van der Waals surface area contributed by atoms with Gasteiger partial charge in [0.2, 0.25) is 0 Å². The lowest BCUT2D eigenvalue weighted by molar-refractivity contribution is -0.146. The maximum absolute atomic E-state index is 12.0. The molecule has 0 saturated carbocycles. The van der Waals surface area contributed by atoms with Crippen molar-refractivity contribution in [2.45, 2.75) is 20.3 Å². The second-order valence-corrected chi connectivity index (χ2v) is 3.44. The number of benzene rings is 1. The first-order valence-corrected chi connectivity index (χ1v) is 5.46. The number of Topliss-reactive ketones (excluding diaryl/α,β-unsaturated/α-hetero) is 1. The van der Waals surface area contributed by atoms with Crippen molar-refractivity contribution in [3.63, 3.8) is 0 Å². The van der Waals surface area contributed by atoms with Crippen molar-refractivity contribution in [3.05, 3.63) is 35.9 Å². The number of hydrogen-bond donors (Lipinski definition) is 0. The van der Waals surface area contributed by atoms with E-state index in [1.165, 1.54) is 0 Å². The maximum atomic E-state index is 12.0. The summed E-state index contributed by atoms with van der Waals surface area (Å²) in [7, 11) is 0. The van der Waals surface area contributed by atoms with Gasteiger partial charge < -0.3 is 4.74 Å². The molecule has 1 rings (SSSR count). The van der Waals surface area contributed by atoms with E-state index < -0.39 is 11.9 Å². The Balaban J connectivity index is 2.82. The Labute approximate surface area is 95.4 Å².